The first-order chi connectivity index (χ1) is 8.63. The predicted molar refractivity (Wildman–Crippen MR) is 70.2 cm³/mol. The Labute approximate surface area is 109 Å². The minimum atomic E-state index is -0.445. The maximum absolute atomic E-state index is 11.9. The van der Waals surface area contributed by atoms with Crippen LogP contribution in [-0.4, -0.2) is 28.7 Å². The Morgan fingerprint density at radius 1 is 1.56 bits per heavy atom. The summed E-state index contributed by atoms with van der Waals surface area (Å²) in [4.78, 5) is 16.0. The van der Waals surface area contributed by atoms with Crippen LogP contribution in [0.1, 0.15) is 45.3 Å². The number of aryl methyl sites for hydroxylation is 1. The molecule has 1 aromatic heterocycles. The third-order valence-corrected chi connectivity index (χ3v) is 3.01. The highest BCUT2D eigenvalue weighted by Gasteiger charge is 2.25. The first-order valence-electron chi connectivity index (χ1n) is 6.47. The summed E-state index contributed by atoms with van der Waals surface area (Å²) in [6.45, 7) is 7.08. The first kappa shape index (κ1) is 14.7. The molecule has 0 aromatic carbocycles. The van der Waals surface area contributed by atoms with E-state index < -0.39 is 6.04 Å². The molecule has 2 atom stereocenters. The molecule has 1 rings (SSSR count). The molecular weight excluding hydrogens is 230 g/mol. The lowest BCUT2D eigenvalue weighted by molar-refractivity contribution is -0.143. The highest BCUT2D eigenvalue weighted by Crippen LogP contribution is 2.16. The molecule has 0 spiro atoms. The van der Waals surface area contributed by atoms with Gasteiger partial charge >= 0.3 is 5.97 Å². The van der Waals surface area contributed by atoms with Crippen molar-refractivity contribution in [1.82, 2.24) is 14.9 Å². The summed E-state index contributed by atoms with van der Waals surface area (Å²) in [6, 6.07) is -0.196. The first-order valence-corrected chi connectivity index (χ1v) is 6.47. The third kappa shape index (κ3) is 3.57. The van der Waals surface area contributed by atoms with Gasteiger partial charge < -0.3 is 9.30 Å². The van der Waals surface area contributed by atoms with Gasteiger partial charge in [0.2, 0.25) is 0 Å². The molecule has 0 aliphatic heterocycles. The van der Waals surface area contributed by atoms with Crippen molar-refractivity contribution in [1.29, 1.82) is 0 Å². The Hall–Kier alpha value is -1.36. The molecule has 1 N–H and O–H groups in total. The Morgan fingerprint density at radius 2 is 2.28 bits per heavy atom. The lowest BCUT2D eigenvalue weighted by Gasteiger charge is -2.21. The van der Waals surface area contributed by atoms with Gasteiger partial charge in [-0.1, -0.05) is 13.8 Å². The summed E-state index contributed by atoms with van der Waals surface area (Å²) in [5, 5.41) is 3.28. The minimum Gasteiger partial charge on any atom is -0.468 e. The molecule has 5 heteroatoms. The van der Waals surface area contributed by atoms with Gasteiger partial charge in [0, 0.05) is 12.6 Å². The summed E-state index contributed by atoms with van der Waals surface area (Å²) < 4.78 is 6.87. The van der Waals surface area contributed by atoms with Crippen molar-refractivity contribution in [3.63, 3.8) is 0 Å². The highest BCUT2D eigenvalue weighted by molar-refractivity contribution is 5.77. The number of aromatic nitrogens is 2. The van der Waals surface area contributed by atoms with Crippen molar-refractivity contribution >= 4 is 5.97 Å². The summed E-state index contributed by atoms with van der Waals surface area (Å²) in [6.07, 6.45) is 5.44. The van der Waals surface area contributed by atoms with Gasteiger partial charge in [0.05, 0.1) is 25.3 Å². The number of ether oxygens (including phenoxy) is 1. The van der Waals surface area contributed by atoms with Gasteiger partial charge in [-0.2, -0.15) is 0 Å². The molecule has 0 saturated heterocycles. The number of nitrogens with zero attached hydrogens (tertiary/aromatic N) is 2. The van der Waals surface area contributed by atoms with Crippen LogP contribution in [-0.2, 0) is 16.1 Å². The van der Waals surface area contributed by atoms with E-state index in [2.05, 4.69) is 31.1 Å². The molecular formula is C13H23N3O2. The fraction of sp³-hybridized carbons (Fsp3) is 0.692. The molecule has 0 aliphatic rings. The van der Waals surface area contributed by atoms with Crippen LogP contribution in [0.4, 0.5) is 0 Å². The van der Waals surface area contributed by atoms with Gasteiger partial charge in [-0.15, -0.1) is 0 Å². The second-order valence-electron chi connectivity index (χ2n) is 4.44. The number of hydrogen-bond acceptors (Lipinski definition) is 4. The van der Waals surface area contributed by atoms with Crippen LogP contribution in [0.3, 0.4) is 0 Å². The van der Waals surface area contributed by atoms with Crippen molar-refractivity contribution in [3.8, 4) is 0 Å². The van der Waals surface area contributed by atoms with Crippen LogP contribution < -0.4 is 5.32 Å². The molecule has 0 aliphatic carbocycles. The molecule has 0 fully saturated rings. The molecule has 102 valence electrons. The summed E-state index contributed by atoms with van der Waals surface area (Å²) in [5.41, 5.74) is 0.865. The topological polar surface area (TPSA) is 56.2 Å². The minimum absolute atomic E-state index is 0.249. The monoisotopic (exact) mass is 253 g/mol. The van der Waals surface area contributed by atoms with Gasteiger partial charge in [0.1, 0.15) is 6.04 Å². The van der Waals surface area contributed by atoms with E-state index in [1.165, 1.54) is 7.11 Å². The Kier molecular flexibility index (Phi) is 5.85. The Bertz CT molecular complexity index is 376. The SMILES string of the molecule is CCCn1cncc1C(NC(C)CC)C(=O)OC. The van der Waals surface area contributed by atoms with Crippen molar-refractivity contribution < 1.29 is 9.53 Å². The zero-order chi connectivity index (χ0) is 13.5. The van der Waals surface area contributed by atoms with E-state index >= 15 is 0 Å². The molecule has 0 amide bonds. The molecule has 0 radical (unpaired) electrons. The maximum Gasteiger partial charge on any atom is 0.329 e. The lowest BCUT2D eigenvalue weighted by atomic mass is 10.1. The van der Waals surface area contributed by atoms with Crippen LogP contribution in [0.15, 0.2) is 12.5 Å². The average Bonchev–Trinajstić information content (AvgIpc) is 2.83. The molecule has 5 nitrogen and oxygen atoms in total. The van der Waals surface area contributed by atoms with E-state index in [4.69, 9.17) is 4.74 Å². The maximum atomic E-state index is 11.9. The Balaban J connectivity index is 2.93. The highest BCUT2D eigenvalue weighted by atomic mass is 16.5. The number of imidazole rings is 1. The second-order valence-corrected chi connectivity index (χ2v) is 4.44. The van der Waals surface area contributed by atoms with Crippen molar-refractivity contribution in [2.24, 2.45) is 0 Å². The van der Waals surface area contributed by atoms with Crippen molar-refractivity contribution in [2.45, 2.75) is 52.2 Å². The number of methoxy groups -OCH3 is 1. The van der Waals surface area contributed by atoms with E-state index in [1.54, 1.807) is 12.5 Å². The van der Waals surface area contributed by atoms with Gasteiger partial charge in [-0.3, -0.25) is 5.32 Å². The van der Waals surface area contributed by atoms with Crippen LogP contribution in [0.5, 0.6) is 0 Å². The third-order valence-electron chi connectivity index (χ3n) is 3.01. The normalized spacial score (nSPS) is 14.2. The molecule has 2 unspecified atom stereocenters. The van der Waals surface area contributed by atoms with Crippen LogP contribution in [0, 0.1) is 0 Å². The van der Waals surface area contributed by atoms with Crippen LogP contribution >= 0.6 is 0 Å². The average molecular weight is 253 g/mol. The smallest absolute Gasteiger partial charge is 0.329 e. The van der Waals surface area contributed by atoms with E-state index in [0.717, 1.165) is 25.1 Å². The fourth-order valence-corrected chi connectivity index (χ4v) is 1.79. The number of esters is 1. The van der Waals surface area contributed by atoms with Gasteiger partial charge in [0.15, 0.2) is 0 Å². The lowest BCUT2D eigenvalue weighted by Crippen LogP contribution is -2.36. The summed E-state index contributed by atoms with van der Waals surface area (Å²) in [7, 11) is 1.41. The van der Waals surface area contributed by atoms with Gasteiger partial charge in [0.25, 0.3) is 0 Å². The molecule has 1 heterocycles. The van der Waals surface area contributed by atoms with E-state index in [9.17, 15) is 4.79 Å². The van der Waals surface area contributed by atoms with Gasteiger partial charge in [-0.05, 0) is 19.8 Å². The largest absolute Gasteiger partial charge is 0.468 e. The van der Waals surface area contributed by atoms with Crippen molar-refractivity contribution in [2.75, 3.05) is 7.11 Å². The number of rotatable bonds is 7. The molecule has 0 bridgehead atoms. The van der Waals surface area contributed by atoms with Crippen LogP contribution in [0.25, 0.3) is 0 Å². The quantitative estimate of drug-likeness (QED) is 0.754. The number of nitrogens with one attached hydrogen (secondary N) is 1. The van der Waals surface area contributed by atoms with Gasteiger partial charge in [-0.25, -0.2) is 9.78 Å². The van der Waals surface area contributed by atoms with Crippen LogP contribution in [0.2, 0.25) is 0 Å². The molecule has 1 aromatic rings. The van der Waals surface area contributed by atoms with E-state index in [-0.39, 0.29) is 12.0 Å². The van der Waals surface area contributed by atoms with E-state index in [1.807, 2.05) is 4.57 Å². The van der Waals surface area contributed by atoms with E-state index in [0.29, 0.717) is 0 Å². The Morgan fingerprint density at radius 3 is 2.83 bits per heavy atom. The molecule has 0 saturated carbocycles. The zero-order valence-electron chi connectivity index (χ0n) is 11.6. The number of carbonyl (C=O) groups excluding carboxylic acids is 1. The fourth-order valence-electron chi connectivity index (χ4n) is 1.79. The zero-order valence-corrected chi connectivity index (χ0v) is 11.6. The second kappa shape index (κ2) is 7.16. The summed E-state index contributed by atoms with van der Waals surface area (Å²) in [5.74, 6) is -0.270. The number of hydrogen-bond donors (Lipinski definition) is 1. The molecule has 18 heavy (non-hydrogen) atoms. The summed E-state index contributed by atoms with van der Waals surface area (Å²) >= 11 is 0. The van der Waals surface area contributed by atoms with Crippen molar-refractivity contribution in [3.05, 3.63) is 18.2 Å². The standard InChI is InChI=1S/C13H23N3O2/c1-5-7-16-9-14-8-11(16)12(13(17)18-4)15-10(3)6-2/h8-10,12,15H,5-7H2,1-4H3. The number of carbonyl (C=O) groups is 1. The predicted octanol–water partition coefficient (Wildman–Crippen LogP) is 1.90.